The Hall–Kier alpha value is -0.480. The summed E-state index contributed by atoms with van der Waals surface area (Å²) >= 11 is 18.1. The predicted molar refractivity (Wildman–Crippen MR) is 79.3 cm³/mol. The first-order valence-corrected chi connectivity index (χ1v) is 7.11. The number of carbonyl (C=O) groups is 1. The Bertz CT molecular complexity index is 465. The van der Waals surface area contributed by atoms with E-state index in [1.165, 1.54) is 0 Å². The molecule has 2 atom stereocenters. The molecule has 6 heteroatoms. The van der Waals surface area contributed by atoms with Crippen LogP contribution in [0.25, 0.3) is 0 Å². The van der Waals surface area contributed by atoms with Gasteiger partial charge in [-0.25, -0.2) is 0 Å². The second kappa shape index (κ2) is 7.34. The lowest BCUT2D eigenvalue weighted by molar-refractivity contribution is -0.141. The number of hydrogen-bond acceptors (Lipinski definition) is 2. The zero-order valence-corrected chi connectivity index (χ0v) is 12.8. The van der Waals surface area contributed by atoms with E-state index in [9.17, 15) is 4.79 Å². The van der Waals surface area contributed by atoms with Crippen molar-refractivity contribution < 1.29 is 9.90 Å². The molecule has 0 radical (unpaired) electrons. The number of benzene rings is 1. The summed E-state index contributed by atoms with van der Waals surface area (Å²) in [6, 6.07) is 3.46. The van der Waals surface area contributed by atoms with E-state index in [1.54, 1.807) is 12.1 Å². The number of aliphatic carboxylic acids is 1. The van der Waals surface area contributed by atoms with Gasteiger partial charge in [0.2, 0.25) is 0 Å². The number of nitrogens with two attached hydrogens (primary N) is 1. The first kappa shape index (κ1) is 16.6. The van der Waals surface area contributed by atoms with Crippen molar-refractivity contribution >= 4 is 40.8 Å². The molecule has 0 aromatic heterocycles. The summed E-state index contributed by atoms with van der Waals surface area (Å²) in [5.41, 5.74) is 6.30. The Morgan fingerprint density at radius 2 is 1.95 bits per heavy atom. The molecule has 1 aromatic carbocycles. The van der Waals surface area contributed by atoms with Crippen molar-refractivity contribution in [3.8, 4) is 0 Å². The first-order valence-electron chi connectivity index (χ1n) is 5.98. The Morgan fingerprint density at radius 1 is 1.32 bits per heavy atom. The summed E-state index contributed by atoms with van der Waals surface area (Å²) in [6.45, 7) is 2.07. The summed E-state index contributed by atoms with van der Waals surface area (Å²) in [5.74, 6) is -1.49. The largest absolute Gasteiger partial charge is 0.481 e. The molecule has 1 aromatic rings. The normalized spacial score (nSPS) is 14.2. The molecule has 2 unspecified atom stereocenters. The van der Waals surface area contributed by atoms with E-state index in [0.717, 1.165) is 12.0 Å². The van der Waals surface area contributed by atoms with E-state index in [1.807, 2.05) is 6.92 Å². The molecule has 0 saturated heterocycles. The third-order valence-corrected chi connectivity index (χ3v) is 4.51. The Labute approximate surface area is 127 Å². The van der Waals surface area contributed by atoms with Crippen LogP contribution in [0.4, 0.5) is 0 Å². The third-order valence-electron chi connectivity index (χ3n) is 3.20. The molecule has 3 N–H and O–H groups in total. The molecule has 0 heterocycles. The van der Waals surface area contributed by atoms with Gasteiger partial charge in [0.25, 0.3) is 0 Å². The maximum Gasteiger partial charge on any atom is 0.307 e. The molecule has 1 rings (SSSR count). The molecule has 3 nitrogen and oxygen atoms in total. The monoisotopic (exact) mass is 323 g/mol. The van der Waals surface area contributed by atoms with E-state index in [4.69, 9.17) is 45.6 Å². The van der Waals surface area contributed by atoms with Gasteiger partial charge in [-0.05, 0) is 30.4 Å². The number of carboxylic acids is 1. The van der Waals surface area contributed by atoms with Crippen LogP contribution in [0.2, 0.25) is 15.1 Å². The van der Waals surface area contributed by atoms with Gasteiger partial charge in [-0.3, -0.25) is 4.79 Å². The second-order valence-corrected chi connectivity index (χ2v) is 5.54. The lowest BCUT2D eigenvalue weighted by Gasteiger charge is -2.21. The highest BCUT2D eigenvalue weighted by atomic mass is 35.5. The SMILES string of the molecule is CCC(CC(CN)C(=O)O)c1ccc(Cl)c(Cl)c1Cl. The third kappa shape index (κ3) is 3.99. The van der Waals surface area contributed by atoms with Crippen LogP contribution in [0, 0.1) is 5.92 Å². The minimum absolute atomic E-state index is 0.00748. The molecular weight excluding hydrogens is 309 g/mol. The zero-order chi connectivity index (χ0) is 14.6. The highest BCUT2D eigenvalue weighted by Gasteiger charge is 2.24. The van der Waals surface area contributed by atoms with E-state index >= 15 is 0 Å². The number of hydrogen-bond donors (Lipinski definition) is 2. The summed E-state index contributed by atoms with van der Waals surface area (Å²) in [4.78, 5) is 11.1. The van der Waals surface area contributed by atoms with Crippen molar-refractivity contribution in [2.24, 2.45) is 11.7 Å². The average Bonchev–Trinajstić information content (AvgIpc) is 2.38. The highest BCUT2D eigenvalue weighted by Crippen LogP contribution is 2.39. The zero-order valence-electron chi connectivity index (χ0n) is 10.5. The summed E-state index contributed by atoms with van der Waals surface area (Å²) < 4.78 is 0. The topological polar surface area (TPSA) is 63.3 Å². The van der Waals surface area contributed by atoms with Crippen molar-refractivity contribution in [1.82, 2.24) is 0 Å². The van der Waals surface area contributed by atoms with Gasteiger partial charge in [0.05, 0.1) is 21.0 Å². The molecule has 0 aliphatic heterocycles. The number of halogens is 3. The quantitative estimate of drug-likeness (QED) is 0.771. The first-order chi connectivity index (χ1) is 8.92. The van der Waals surface area contributed by atoms with Gasteiger partial charge < -0.3 is 10.8 Å². The molecular formula is C13H16Cl3NO2. The molecule has 0 bridgehead atoms. The van der Waals surface area contributed by atoms with Crippen molar-refractivity contribution in [3.05, 3.63) is 32.8 Å². The molecule has 0 spiro atoms. The van der Waals surface area contributed by atoms with Crippen molar-refractivity contribution in [1.29, 1.82) is 0 Å². The van der Waals surface area contributed by atoms with Crippen LogP contribution < -0.4 is 5.73 Å². The minimum Gasteiger partial charge on any atom is -0.481 e. The van der Waals surface area contributed by atoms with E-state index in [2.05, 4.69) is 0 Å². The van der Waals surface area contributed by atoms with E-state index in [0.29, 0.717) is 21.5 Å². The molecule has 106 valence electrons. The second-order valence-electron chi connectivity index (χ2n) is 4.38. The maximum absolute atomic E-state index is 11.1. The lowest BCUT2D eigenvalue weighted by Crippen LogP contribution is -2.25. The smallest absolute Gasteiger partial charge is 0.307 e. The molecule has 0 fully saturated rings. The number of carboxylic acid groups (broad SMARTS) is 1. The van der Waals surface area contributed by atoms with E-state index in [-0.39, 0.29) is 12.5 Å². The Balaban J connectivity index is 3.04. The van der Waals surface area contributed by atoms with Gasteiger partial charge in [-0.1, -0.05) is 47.8 Å². The fourth-order valence-electron chi connectivity index (χ4n) is 2.01. The van der Waals surface area contributed by atoms with Crippen LogP contribution in [0.5, 0.6) is 0 Å². The summed E-state index contributed by atoms with van der Waals surface area (Å²) in [7, 11) is 0. The van der Waals surface area contributed by atoms with Crippen LogP contribution >= 0.6 is 34.8 Å². The van der Waals surface area contributed by atoms with Crippen LogP contribution in [0.1, 0.15) is 31.2 Å². The highest BCUT2D eigenvalue weighted by molar-refractivity contribution is 6.48. The lowest BCUT2D eigenvalue weighted by atomic mass is 9.87. The molecule has 19 heavy (non-hydrogen) atoms. The van der Waals surface area contributed by atoms with Crippen LogP contribution in [-0.2, 0) is 4.79 Å². The van der Waals surface area contributed by atoms with Gasteiger partial charge >= 0.3 is 5.97 Å². The molecule has 0 amide bonds. The van der Waals surface area contributed by atoms with Gasteiger partial charge in [0.15, 0.2) is 0 Å². The average molecular weight is 325 g/mol. The van der Waals surface area contributed by atoms with Crippen LogP contribution in [-0.4, -0.2) is 17.6 Å². The van der Waals surface area contributed by atoms with Gasteiger partial charge in [-0.2, -0.15) is 0 Å². The Morgan fingerprint density at radius 3 is 2.42 bits per heavy atom. The van der Waals surface area contributed by atoms with Crippen molar-refractivity contribution in [2.45, 2.75) is 25.7 Å². The van der Waals surface area contributed by atoms with E-state index < -0.39 is 11.9 Å². The number of rotatable bonds is 6. The summed E-state index contributed by atoms with van der Waals surface area (Å²) in [5, 5.41) is 10.2. The van der Waals surface area contributed by atoms with Crippen molar-refractivity contribution in [2.75, 3.05) is 6.54 Å². The molecule has 0 aliphatic carbocycles. The molecule has 0 saturated carbocycles. The Kier molecular flexibility index (Phi) is 6.40. The van der Waals surface area contributed by atoms with Crippen LogP contribution in [0.3, 0.4) is 0 Å². The standard InChI is InChI=1S/C13H16Cl3NO2/c1-2-7(5-8(6-17)13(18)19)9-3-4-10(14)12(16)11(9)15/h3-4,7-8H,2,5-6,17H2,1H3,(H,18,19). The maximum atomic E-state index is 11.1. The van der Waals surface area contributed by atoms with Crippen LogP contribution in [0.15, 0.2) is 12.1 Å². The fraction of sp³-hybridized carbons (Fsp3) is 0.462. The van der Waals surface area contributed by atoms with Crippen molar-refractivity contribution in [3.63, 3.8) is 0 Å². The fourth-order valence-corrected chi connectivity index (χ4v) is 2.71. The predicted octanol–water partition coefficient (Wildman–Crippen LogP) is 4.19. The summed E-state index contributed by atoms with van der Waals surface area (Å²) in [6.07, 6.45) is 1.18. The molecule has 0 aliphatic rings. The van der Waals surface area contributed by atoms with Gasteiger partial charge in [0, 0.05) is 6.54 Å². The van der Waals surface area contributed by atoms with Gasteiger partial charge in [0.1, 0.15) is 0 Å². The van der Waals surface area contributed by atoms with Gasteiger partial charge in [-0.15, -0.1) is 0 Å². The minimum atomic E-state index is -0.892.